The van der Waals surface area contributed by atoms with E-state index in [4.69, 9.17) is 18.9 Å². The lowest BCUT2D eigenvalue weighted by atomic mass is 9.91. The summed E-state index contributed by atoms with van der Waals surface area (Å²) in [6, 6.07) is 0.449. The first-order valence-corrected chi connectivity index (χ1v) is 8.33. The molecule has 6 atom stereocenters. The summed E-state index contributed by atoms with van der Waals surface area (Å²) in [7, 11) is 7.59. The Balaban J connectivity index is 1.65. The van der Waals surface area contributed by atoms with Gasteiger partial charge >= 0.3 is 0 Å². The molecule has 0 aliphatic carbocycles. The van der Waals surface area contributed by atoms with Gasteiger partial charge in [0.15, 0.2) is 0 Å². The predicted molar refractivity (Wildman–Crippen MR) is 88.8 cm³/mol. The minimum Gasteiger partial charge on any atom is -0.382 e. The smallest absolute Gasteiger partial charge is 0.139 e. The highest BCUT2D eigenvalue weighted by molar-refractivity contribution is 6.11. The second-order valence-corrected chi connectivity index (χ2v) is 6.68. The summed E-state index contributed by atoms with van der Waals surface area (Å²) in [5, 5.41) is 8.57. The maximum Gasteiger partial charge on any atom is 0.139 e. The number of methoxy groups -OCH3 is 2. The van der Waals surface area contributed by atoms with Gasteiger partial charge < -0.3 is 18.9 Å². The maximum atomic E-state index is 5.93. The van der Waals surface area contributed by atoms with Crippen molar-refractivity contribution >= 4 is 15.7 Å². The van der Waals surface area contributed by atoms with Crippen LogP contribution in [0.4, 0.5) is 0 Å². The van der Waals surface area contributed by atoms with Crippen LogP contribution in [-0.4, -0.2) is 75.7 Å². The summed E-state index contributed by atoms with van der Waals surface area (Å²) in [5.41, 5.74) is 0.844. The van der Waals surface area contributed by atoms with E-state index in [1.807, 2.05) is 10.9 Å². The van der Waals surface area contributed by atoms with E-state index in [0.717, 1.165) is 25.1 Å². The van der Waals surface area contributed by atoms with Crippen LogP contribution in [-0.2, 0) is 25.5 Å². The Morgan fingerprint density at radius 2 is 2.04 bits per heavy atom. The van der Waals surface area contributed by atoms with Crippen molar-refractivity contribution in [2.24, 2.45) is 5.92 Å². The molecule has 2 saturated heterocycles. The van der Waals surface area contributed by atoms with E-state index in [1.165, 1.54) is 0 Å². The first kappa shape index (κ1) is 16.9. The summed E-state index contributed by atoms with van der Waals surface area (Å²) in [4.78, 5) is 0. The third kappa shape index (κ3) is 3.79. The van der Waals surface area contributed by atoms with Gasteiger partial charge in [0, 0.05) is 38.7 Å². The number of ether oxygens (including phenoxy) is 4. The van der Waals surface area contributed by atoms with Crippen molar-refractivity contribution < 1.29 is 18.9 Å². The van der Waals surface area contributed by atoms with Crippen LogP contribution >= 0.6 is 0 Å². The monoisotopic (exact) mass is 321 g/mol. The van der Waals surface area contributed by atoms with Gasteiger partial charge in [-0.15, -0.1) is 5.10 Å². The predicted octanol–water partition coefficient (Wildman–Crippen LogP) is -1.28. The minimum atomic E-state index is -0.128. The van der Waals surface area contributed by atoms with E-state index >= 15 is 0 Å². The van der Waals surface area contributed by atoms with Gasteiger partial charge in [0.25, 0.3) is 0 Å². The van der Waals surface area contributed by atoms with E-state index in [1.54, 1.807) is 14.2 Å². The molecule has 2 unspecified atom stereocenters. The Morgan fingerprint density at radius 3 is 2.78 bits per heavy atom. The van der Waals surface area contributed by atoms with Gasteiger partial charge in [-0.25, -0.2) is 0 Å². The second-order valence-electron chi connectivity index (χ2n) is 6.68. The lowest BCUT2D eigenvalue weighted by Gasteiger charge is -2.17. The third-order valence-corrected chi connectivity index (χ3v) is 4.75. The van der Waals surface area contributed by atoms with Crippen LogP contribution in [0.5, 0.6) is 0 Å². The zero-order chi connectivity index (χ0) is 16.4. The summed E-state index contributed by atoms with van der Waals surface area (Å²) < 4.78 is 24.5. The molecule has 2 aliphatic heterocycles. The van der Waals surface area contributed by atoms with E-state index in [0.29, 0.717) is 12.5 Å². The first-order chi connectivity index (χ1) is 11.1. The normalized spacial score (nSPS) is 37.5. The Kier molecular flexibility index (Phi) is 5.41. The number of nitrogens with zero attached hydrogens (tertiary/aromatic N) is 3. The van der Waals surface area contributed by atoms with Crippen LogP contribution in [0.25, 0.3) is 0 Å². The SMILES string of the molecule is B[C@H]1CC(OC)[C@@H](c2cn(CC3C[C@H](B)O[C@@H]3COC)nn2)O1. The molecule has 0 saturated carbocycles. The Bertz CT molecular complexity index is 518. The Morgan fingerprint density at radius 1 is 1.26 bits per heavy atom. The molecule has 126 valence electrons. The van der Waals surface area contributed by atoms with Crippen molar-refractivity contribution in [1.29, 1.82) is 0 Å². The molecule has 9 heteroatoms. The van der Waals surface area contributed by atoms with E-state index in [-0.39, 0.29) is 30.3 Å². The molecule has 2 aliphatic rings. The molecular formula is C14H25B2N3O4. The van der Waals surface area contributed by atoms with Crippen LogP contribution in [0.3, 0.4) is 0 Å². The number of hydrogen-bond acceptors (Lipinski definition) is 6. The van der Waals surface area contributed by atoms with Crippen LogP contribution in [0.1, 0.15) is 24.6 Å². The van der Waals surface area contributed by atoms with Crippen molar-refractivity contribution in [3.8, 4) is 0 Å². The standard InChI is InChI=1S/C14H25B2N3O4/c1-20-7-11-8(3-12(15)22-11)5-19-6-9(17-18-19)14-10(21-2)4-13(16)23-14/h6,8,10-14H,3-5,7,15-16H2,1-2H3/t8?,10?,11-,12-,13-,14-/m1/s1. The molecule has 0 bridgehead atoms. The Labute approximate surface area is 138 Å². The van der Waals surface area contributed by atoms with E-state index < -0.39 is 0 Å². The minimum absolute atomic E-state index is 0.0474. The molecule has 0 aromatic carbocycles. The van der Waals surface area contributed by atoms with Gasteiger partial charge in [-0.2, -0.15) is 0 Å². The van der Waals surface area contributed by atoms with Crippen molar-refractivity contribution in [3.63, 3.8) is 0 Å². The Hall–Kier alpha value is -0.890. The van der Waals surface area contributed by atoms with Gasteiger partial charge in [0.1, 0.15) is 27.5 Å². The van der Waals surface area contributed by atoms with Crippen molar-refractivity contribution in [2.45, 2.75) is 49.7 Å². The zero-order valence-electron chi connectivity index (χ0n) is 14.3. The largest absolute Gasteiger partial charge is 0.382 e. The van der Waals surface area contributed by atoms with Crippen molar-refractivity contribution in [3.05, 3.63) is 11.9 Å². The fourth-order valence-electron chi connectivity index (χ4n) is 3.67. The van der Waals surface area contributed by atoms with Crippen LogP contribution < -0.4 is 0 Å². The lowest BCUT2D eigenvalue weighted by molar-refractivity contribution is 0.00571. The van der Waals surface area contributed by atoms with E-state index in [9.17, 15) is 0 Å². The molecular weight excluding hydrogens is 296 g/mol. The van der Waals surface area contributed by atoms with E-state index in [2.05, 4.69) is 26.0 Å². The zero-order valence-corrected chi connectivity index (χ0v) is 14.3. The van der Waals surface area contributed by atoms with Gasteiger partial charge in [0.2, 0.25) is 0 Å². The van der Waals surface area contributed by atoms with Gasteiger partial charge in [-0.05, 0) is 12.8 Å². The number of rotatable bonds is 6. The van der Waals surface area contributed by atoms with Gasteiger partial charge in [0.05, 0.1) is 25.0 Å². The fourth-order valence-corrected chi connectivity index (χ4v) is 3.67. The summed E-state index contributed by atoms with van der Waals surface area (Å²) in [6.45, 7) is 1.40. The van der Waals surface area contributed by atoms with Crippen LogP contribution in [0.2, 0.25) is 0 Å². The highest BCUT2D eigenvalue weighted by Crippen LogP contribution is 2.33. The first-order valence-electron chi connectivity index (χ1n) is 8.33. The molecule has 1 aromatic rings. The lowest BCUT2D eigenvalue weighted by Crippen LogP contribution is -2.25. The molecule has 3 heterocycles. The molecule has 0 radical (unpaired) electrons. The molecule has 23 heavy (non-hydrogen) atoms. The highest BCUT2D eigenvalue weighted by atomic mass is 16.6. The summed E-state index contributed by atoms with van der Waals surface area (Å²) in [5.74, 6) is 0.390. The molecule has 7 nitrogen and oxygen atoms in total. The molecule has 1 aromatic heterocycles. The number of hydrogen-bond donors (Lipinski definition) is 0. The highest BCUT2D eigenvalue weighted by Gasteiger charge is 2.37. The summed E-state index contributed by atoms with van der Waals surface area (Å²) >= 11 is 0. The van der Waals surface area contributed by atoms with Crippen LogP contribution in [0.15, 0.2) is 6.20 Å². The molecule has 3 rings (SSSR count). The maximum absolute atomic E-state index is 5.93. The number of aromatic nitrogens is 3. The van der Waals surface area contributed by atoms with Gasteiger partial charge in [-0.3, -0.25) is 4.68 Å². The second kappa shape index (κ2) is 7.34. The molecule has 2 fully saturated rings. The van der Waals surface area contributed by atoms with Crippen molar-refractivity contribution in [1.82, 2.24) is 15.0 Å². The molecule has 0 amide bonds. The average Bonchev–Trinajstić information content (AvgIpc) is 3.19. The average molecular weight is 321 g/mol. The van der Waals surface area contributed by atoms with Crippen molar-refractivity contribution in [2.75, 3.05) is 20.8 Å². The molecule has 0 N–H and O–H groups in total. The molecule has 0 spiro atoms. The van der Waals surface area contributed by atoms with Gasteiger partial charge in [-0.1, -0.05) is 5.21 Å². The topological polar surface area (TPSA) is 67.6 Å². The van der Waals surface area contributed by atoms with Crippen LogP contribution in [0, 0.1) is 5.92 Å². The third-order valence-electron chi connectivity index (χ3n) is 4.75. The fraction of sp³-hybridized carbons (Fsp3) is 0.857. The summed E-state index contributed by atoms with van der Waals surface area (Å²) in [6.07, 6.45) is 3.92. The quantitative estimate of drug-likeness (QED) is 0.609.